The Labute approximate surface area is 144 Å². The van der Waals surface area contributed by atoms with Gasteiger partial charge in [-0.3, -0.25) is 10.1 Å². The molecule has 0 saturated carbocycles. The van der Waals surface area contributed by atoms with Gasteiger partial charge in [0, 0.05) is 10.4 Å². The van der Waals surface area contributed by atoms with E-state index in [2.05, 4.69) is 17.2 Å². The number of aromatic nitrogens is 1. The Hall–Kier alpha value is -2.53. The first kappa shape index (κ1) is 16.3. The van der Waals surface area contributed by atoms with Crippen molar-refractivity contribution in [2.24, 2.45) is 0 Å². The smallest absolute Gasteiger partial charge is 0.260 e. The topological polar surface area (TPSA) is 42.0 Å². The number of anilines is 1. The second-order valence-corrected chi connectivity index (χ2v) is 6.42. The number of carbonyl (C=O) groups is 1. The molecule has 0 fully saturated rings. The predicted octanol–water partition coefficient (Wildman–Crippen LogP) is 5.15. The zero-order chi connectivity index (χ0) is 16.9. The number of hydrogen-bond donors (Lipinski definition) is 1. The summed E-state index contributed by atoms with van der Waals surface area (Å²) in [5, 5.41) is 3.21. The third-order valence-corrected chi connectivity index (χ3v) is 4.59. The molecule has 0 aliphatic carbocycles. The molecule has 1 amide bonds. The Bertz CT molecular complexity index is 846. The second-order valence-electron chi connectivity index (χ2n) is 5.34. The van der Waals surface area contributed by atoms with Crippen LogP contribution >= 0.6 is 11.3 Å². The maximum Gasteiger partial charge on any atom is 0.260 e. The van der Waals surface area contributed by atoms with E-state index in [4.69, 9.17) is 0 Å². The summed E-state index contributed by atoms with van der Waals surface area (Å²) in [6, 6.07) is 15.8. The van der Waals surface area contributed by atoms with Crippen LogP contribution in [0.15, 0.2) is 54.6 Å². The summed E-state index contributed by atoms with van der Waals surface area (Å²) in [4.78, 5) is 17.9. The molecule has 5 heteroatoms. The summed E-state index contributed by atoms with van der Waals surface area (Å²) in [7, 11) is 0. The highest BCUT2D eigenvalue weighted by atomic mass is 32.1. The number of aryl methyl sites for hydroxylation is 1. The van der Waals surface area contributed by atoms with Crippen LogP contribution in [0.1, 0.15) is 28.6 Å². The van der Waals surface area contributed by atoms with Crippen molar-refractivity contribution >= 4 is 22.4 Å². The highest BCUT2D eigenvalue weighted by Crippen LogP contribution is 2.32. The molecule has 0 bridgehead atoms. The van der Waals surface area contributed by atoms with Crippen molar-refractivity contribution < 1.29 is 9.18 Å². The Kier molecular flexibility index (Phi) is 5.01. The normalized spacial score (nSPS) is 10.6. The maximum atomic E-state index is 13.7. The van der Waals surface area contributed by atoms with Gasteiger partial charge in [0.25, 0.3) is 5.91 Å². The van der Waals surface area contributed by atoms with Crippen LogP contribution in [0.25, 0.3) is 11.3 Å². The van der Waals surface area contributed by atoms with E-state index < -0.39 is 11.7 Å². The van der Waals surface area contributed by atoms with E-state index in [9.17, 15) is 9.18 Å². The van der Waals surface area contributed by atoms with Crippen molar-refractivity contribution in [3.63, 3.8) is 0 Å². The van der Waals surface area contributed by atoms with Crippen molar-refractivity contribution in [2.75, 3.05) is 5.32 Å². The predicted molar refractivity (Wildman–Crippen MR) is 95.9 cm³/mol. The molecule has 0 spiro atoms. The lowest BCUT2D eigenvalue weighted by molar-refractivity contribution is 0.102. The first-order valence-electron chi connectivity index (χ1n) is 7.80. The molecule has 2 aromatic carbocycles. The molecule has 0 atom stereocenters. The Morgan fingerprint density at radius 2 is 1.83 bits per heavy atom. The quantitative estimate of drug-likeness (QED) is 0.697. The number of amides is 1. The van der Waals surface area contributed by atoms with Gasteiger partial charge in [-0.2, -0.15) is 0 Å². The number of hydrogen-bond acceptors (Lipinski definition) is 3. The standard InChI is InChI=1S/C19H17FN2OS/c1-2-8-16-17(13-9-4-3-5-10-13)21-19(24-16)22-18(23)14-11-6-7-12-15(14)20/h3-7,9-12H,2,8H2,1H3,(H,21,22,23). The van der Waals surface area contributed by atoms with Gasteiger partial charge in [0.15, 0.2) is 5.13 Å². The van der Waals surface area contributed by atoms with Crippen LogP contribution in [0, 0.1) is 5.82 Å². The lowest BCUT2D eigenvalue weighted by Crippen LogP contribution is -2.13. The molecule has 3 aromatic rings. The van der Waals surface area contributed by atoms with E-state index in [1.165, 1.54) is 23.5 Å². The van der Waals surface area contributed by atoms with E-state index in [-0.39, 0.29) is 5.56 Å². The monoisotopic (exact) mass is 340 g/mol. The Morgan fingerprint density at radius 1 is 1.12 bits per heavy atom. The largest absolute Gasteiger partial charge is 0.298 e. The zero-order valence-electron chi connectivity index (χ0n) is 13.3. The molecule has 0 saturated heterocycles. The fourth-order valence-electron chi connectivity index (χ4n) is 2.43. The zero-order valence-corrected chi connectivity index (χ0v) is 14.1. The molecule has 1 N–H and O–H groups in total. The summed E-state index contributed by atoms with van der Waals surface area (Å²) >= 11 is 1.44. The number of carbonyl (C=O) groups excluding carboxylic acids is 1. The minimum atomic E-state index is -0.538. The number of nitrogens with one attached hydrogen (secondary N) is 1. The minimum Gasteiger partial charge on any atom is -0.298 e. The Morgan fingerprint density at radius 3 is 2.54 bits per heavy atom. The molecule has 24 heavy (non-hydrogen) atoms. The van der Waals surface area contributed by atoms with Crippen LogP contribution in [0.2, 0.25) is 0 Å². The number of halogens is 1. The molecule has 0 aliphatic rings. The van der Waals surface area contributed by atoms with Crippen LogP contribution < -0.4 is 5.32 Å². The second kappa shape index (κ2) is 7.36. The van der Waals surface area contributed by atoms with E-state index >= 15 is 0 Å². The summed E-state index contributed by atoms with van der Waals surface area (Å²) in [5.41, 5.74) is 1.92. The van der Waals surface area contributed by atoms with Gasteiger partial charge in [-0.05, 0) is 18.6 Å². The highest BCUT2D eigenvalue weighted by Gasteiger charge is 2.16. The van der Waals surface area contributed by atoms with Gasteiger partial charge in [0.05, 0.1) is 11.3 Å². The van der Waals surface area contributed by atoms with E-state index in [0.29, 0.717) is 5.13 Å². The molecular weight excluding hydrogens is 323 g/mol. The molecule has 0 radical (unpaired) electrons. The van der Waals surface area contributed by atoms with Crippen LogP contribution in [0.5, 0.6) is 0 Å². The minimum absolute atomic E-state index is 0.0194. The van der Waals surface area contributed by atoms with Crippen molar-refractivity contribution in [3.8, 4) is 11.3 Å². The molecule has 0 unspecified atom stereocenters. The fraction of sp³-hybridized carbons (Fsp3) is 0.158. The summed E-state index contributed by atoms with van der Waals surface area (Å²) in [6.45, 7) is 2.10. The molecule has 0 aliphatic heterocycles. The summed E-state index contributed by atoms with van der Waals surface area (Å²) in [5.74, 6) is -1.02. The SMILES string of the molecule is CCCc1sc(NC(=O)c2ccccc2F)nc1-c1ccccc1. The average molecular weight is 340 g/mol. The van der Waals surface area contributed by atoms with Crippen LogP contribution in [0.3, 0.4) is 0 Å². The van der Waals surface area contributed by atoms with Gasteiger partial charge in [-0.15, -0.1) is 11.3 Å². The van der Waals surface area contributed by atoms with Crippen molar-refractivity contribution in [1.82, 2.24) is 4.98 Å². The van der Waals surface area contributed by atoms with Crippen molar-refractivity contribution in [3.05, 3.63) is 70.9 Å². The fourth-order valence-corrected chi connectivity index (χ4v) is 3.51. The van der Waals surface area contributed by atoms with Gasteiger partial charge in [-0.25, -0.2) is 9.37 Å². The number of benzene rings is 2. The third-order valence-electron chi connectivity index (χ3n) is 3.56. The Balaban J connectivity index is 1.89. The molecule has 3 rings (SSSR count). The van der Waals surface area contributed by atoms with Crippen LogP contribution in [-0.2, 0) is 6.42 Å². The van der Waals surface area contributed by atoms with Gasteiger partial charge in [-0.1, -0.05) is 55.8 Å². The lowest BCUT2D eigenvalue weighted by Gasteiger charge is -2.02. The maximum absolute atomic E-state index is 13.7. The molecule has 122 valence electrons. The van der Waals surface area contributed by atoms with Crippen LogP contribution in [-0.4, -0.2) is 10.9 Å². The number of thiazole rings is 1. The van der Waals surface area contributed by atoms with E-state index in [0.717, 1.165) is 29.0 Å². The van der Waals surface area contributed by atoms with Gasteiger partial charge >= 0.3 is 0 Å². The molecular formula is C19H17FN2OS. The number of rotatable bonds is 5. The third kappa shape index (κ3) is 3.51. The first-order chi connectivity index (χ1) is 11.7. The first-order valence-corrected chi connectivity index (χ1v) is 8.61. The highest BCUT2D eigenvalue weighted by molar-refractivity contribution is 7.16. The molecule has 1 heterocycles. The molecule has 1 aromatic heterocycles. The average Bonchev–Trinajstić information content (AvgIpc) is 2.99. The lowest BCUT2D eigenvalue weighted by atomic mass is 10.1. The van der Waals surface area contributed by atoms with Crippen molar-refractivity contribution in [2.45, 2.75) is 19.8 Å². The van der Waals surface area contributed by atoms with E-state index in [1.807, 2.05) is 30.3 Å². The summed E-state index contributed by atoms with van der Waals surface area (Å²) < 4.78 is 13.7. The van der Waals surface area contributed by atoms with Gasteiger partial charge < -0.3 is 0 Å². The van der Waals surface area contributed by atoms with E-state index in [1.54, 1.807) is 12.1 Å². The van der Waals surface area contributed by atoms with Crippen LogP contribution in [0.4, 0.5) is 9.52 Å². The van der Waals surface area contributed by atoms with Crippen molar-refractivity contribution in [1.29, 1.82) is 0 Å². The van der Waals surface area contributed by atoms with Gasteiger partial charge in [0.1, 0.15) is 5.82 Å². The summed E-state index contributed by atoms with van der Waals surface area (Å²) in [6.07, 6.45) is 1.88. The number of nitrogens with zero attached hydrogens (tertiary/aromatic N) is 1. The van der Waals surface area contributed by atoms with Gasteiger partial charge in [0.2, 0.25) is 0 Å². The molecule has 3 nitrogen and oxygen atoms in total.